The van der Waals surface area contributed by atoms with E-state index in [1.54, 1.807) is 6.26 Å². The zero-order chi connectivity index (χ0) is 9.80. The Morgan fingerprint density at radius 3 is 3.21 bits per heavy atom. The van der Waals surface area contributed by atoms with Crippen LogP contribution in [0.25, 0.3) is 0 Å². The van der Waals surface area contributed by atoms with E-state index in [0.717, 1.165) is 13.1 Å². The van der Waals surface area contributed by atoms with Crippen molar-refractivity contribution in [1.82, 2.24) is 10.2 Å². The molecular formula is C11H18N2O. The van der Waals surface area contributed by atoms with Gasteiger partial charge in [0.2, 0.25) is 0 Å². The number of hydrogen-bond acceptors (Lipinski definition) is 3. The third-order valence-corrected chi connectivity index (χ3v) is 2.73. The minimum atomic E-state index is 0.687. The van der Waals surface area contributed by atoms with Gasteiger partial charge < -0.3 is 14.6 Å². The van der Waals surface area contributed by atoms with Crippen LogP contribution in [0, 0.1) is 0 Å². The summed E-state index contributed by atoms with van der Waals surface area (Å²) in [6, 6.07) is 2.71. The van der Waals surface area contributed by atoms with Crippen molar-refractivity contribution in [2.75, 3.05) is 20.1 Å². The minimum absolute atomic E-state index is 0.687. The van der Waals surface area contributed by atoms with Crippen molar-refractivity contribution in [2.45, 2.75) is 25.4 Å². The van der Waals surface area contributed by atoms with Crippen LogP contribution in [0.4, 0.5) is 0 Å². The number of furan rings is 1. The highest BCUT2D eigenvalue weighted by atomic mass is 16.3. The summed E-state index contributed by atoms with van der Waals surface area (Å²) in [6.45, 7) is 3.30. The molecule has 1 N–H and O–H groups in total. The predicted octanol–water partition coefficient (Wildman–Crippen LogP) is 1.46. The van der Waals surface area contributed by atoms with Gasteiger partial charge in [0.05, 0.1) is 12.5 Å². The lowest BCUT2D eigenvalue weighted by molar-refractivity contribution is 0.292. The maximum Gasteiger partial charge on any atom is 0.0947 e. The second-order valence-corrected chi connectivity index (χ2v) is 4.12. The molecule has 1 saturated heterocycles. The van der Waals surface area contributed by atoms with Gasteiger partial charge in [-0.05, 0) is 32.5 Å². The first-order chi connectivity index (χ1) is 6.84. The molecule has 0 aliphatic carbocycles. The standard InChI is InChI=1S/C11H18N2O/c1-13(7-10-4-6-14-9-10)8-11-3-2-5-12-11/h4,6,9,11-12H,2-3,5,7-8H2,1H3/t11-/m1/s1. The molecule has 3 nitrogen and oxygen atoms in total. The molecule has 0 aromatic carbocycles. The average Bonchev–Trinajstić information content (AvgIpc) is 2.76. The Kier molecular flexibility index (Phi) is 3.22. The largest absolute Gasteiger partial charge is 0.472 e. The van der Waals surface area contributed by atoms with Crippen molar-refractivity contribution in [2.24, 2.45) is 0 Å². The number of nitrogens with one attached hydrogen (secondary N) is 1. The lowest BCUT2D eigenvalue weighted by Crippen LogP contribution is -2.34. The second kappa shape index (κ2) is 4.62. The van der Waals surface area contributed by atoms with E-state index in [0.29, 0.717) is 6.04 Å². The first-order valence-electron chi connectivity index (χ1n) is 5.27. The number of nitrogens with zero attached hydrogens (tertiary/aromatic N) is 1. The summed E-state index contributed by atoms with van der Waals surface area (Å²) in [4.78, 5) is 2.34. The molecule has 2 heterocycles. The predicted molar refractivity (Wildman–Crippen MR) is 56.1 cm³/mol. The summed E-state index contributed by atoms with van der Waals surface area (Å²) in [5, 5.41) is 3.50. The van der Waals surface area contributed by atoms with E-state index >= 15 is 0 Å². The van der Waals surface area contributed by atoms with Crippen LogP contribution in [0.3, 0.4) is 0 Å². The molecule has 0 saturated carbocycles. The van der Waals surface area contributed by atoms with Gasteiger partial charge in [0.15, 0.2) is 0 Å². The quantitative estimate of drug-likeness (QED) is 0.786. The molecule has 1 aromatic heterocycles. The first kappa shape index (κ1) is 9.74. The van der Waals surface area contributed by atoms with Crippen LogP contribution in [-0.4, -0.2) is 31.1 Å². The third-order valence-electron chi connectivity index (χ3n) is 2.73. The highest BCUT2D eigenvalue weighted by Crippen LogP contribution is 2.09. The van der Waals surface area contributed by atoms with Crippen LogP contribution in [0.1, 0.15) is 18.4 Å². The maximum absolute atomic E-state index is 5.04. The highest BCUT2D eigenvalue weighted by molar-refractivity contribution is 5.04. The molecule has 2 rings (SSSR count). The topological polar surface area (TPSA) is 28.4 Å². The zero-order valence-corrected chi connectivity index (χ0v) is 8.70. The normalized spacial score (nSPS) is 22.0. The molecule has 0 bridgehead atoms. The van der Waals surface area contributed by atoms with Crippen molar-refractivity contribution in [3.05, 3.63) is 24.2 Å². The lowest BCUT2D eigenvalue weighted by atomic mass is 10.2. The van der Waals surface area contributed by atoms with Crippen molar-refractivity contribution in [1.29, 1.82) is 0 Å². The molecule has 78 valence electrons. The Bertz CT molecular complexity index is 252. The average molecular weight is 194 g/mol. The van der Waals surface area contributed by atoms with Crippen molar-refractivity contribution in [3.8, 4) is 0 Å². The molecule has 0 amide bonds. The zero-order valence-electron chi connectivity index (χ0n) is 8.70. The summed E-state index contributed by atoms with van der Waals surface area (Å²) < 4.78 is 5.04. The van der Waals surface area contributed by atoms with E-state index < -0.39 is 0 Å². The molecule has 0 unspecified atom stereocenters. The van der Waals surface area contributed by atoms with Gasteiger partial charge in [-0.3, -0.25) is 0 Å². The maximum atomic E-state index is 5.04. The fraction of sp³-hybridized carbons (Fsp3) is 0.636. The Labute approximate surface area is 85.1 Å². The Morgan fingerprint density at radius 1 is 1.64 bits per heavy atom. The van der Waals surface area contributed by atoms with Gasteiger partial charge >= 0.3 is 0 Å². The Hall–Kier alpha value is -0.800. The Morgan fingerprint density at radius 2 is 2.57 bits per heavy atom. The molecular weight excluding hydrogens is 176 g/mol. The van der Waals surface area contributed by atoms with E-state index in [2.05, 4.69) is 17.3 Å². The van der Waals surface area contributed by atoms with E-state index in [1.807, 2.05) is 12.3 Å². The van der Waals surface area contributed by atoms with Gasteiger partial charge in [-0.15, -0.1) is 0 Å². The molecule has 3 heteroatoms. The smallest absolute Gasteiger partial charge is 0.0947 e. The van der Waals surface area contributed by atoms with Gasteiger partial charge in [0.25, 0.3) is 0 Å². The summed E-state index contributed by atoms with van der Waals surface area (Å²) >= 11 is 0. The van der Waals surface area contributed by atoms with Gasteiger partial charge in [0, 0.05) is 24.7 Å². The molecule has 1 aliphatic heterocycles. The molecule has 1 atom stereocenters. The lowest BCUT2D eigenvalue weighted by Gasteiger charge is -2.20. The summed E-state index contributed by atoms with van der Waals surface area (Å²) in [7, 11) is 2.16. The SMILES string of the molecule is CN(Cc1ccoc1)C[C@H]1CCCN1. The minimum Gasteiger partial charge on any atom is -0.472 e. The van der Waals surface area contributed by atoms with Crippen LogP contribution in [0.5, 0.6) is 0 Å². The molecule has 1 aromatic rings. The van der Waals surface area contributed by atoms with Crippen LogP contribution in [-0.2, 0) is 6.54 Å². The third kappa shape index (κ3) is 2.59. The van der Waals surface area contributed by atoms with E-state index in [1.165, 1.54) is 24.9 Å². The van der Waals surface area contributed by atoms with Crippen LogP contribution in [0.2, 0.25) is 0 Å². The summed E-state index contributed by atoms with van der Waals surface area (Å²) in [5.74, 6) is 0. The van der Waals surface area contributed by atoms with E-state index in [-0.39, 0.29) is 0 Å². The molecule has 14 heavy (non-hydrogen) atoms. The fourth-order valence-electron chi connectivity index (χ4n) is 2.05. The van der Waals surface area contributed by atoms with Crippen molar-refractivity contribution >= 4 is 0 Å². The first-order valence-corrected chi connectivity index (χ1v) is 5.27. The fourth-order valence-corrected chi connectivity index (χ4v) is 2.05. The van der Waals surface area contributed by atoms with Crippen LogP contribution in [0.15, 0.2) is 23.0 Å². The van der Waals surface area contributed by atoms with Crippen LogP contribution >= 0.6 is 0 Å². The monoisotopic (exact) mass is 194 g/mol. The second-order valence-electron chi connectivity index (χ2n) is 4.12. The molecule has 0 spiro atoms. The van der Waals surface area contributed by atoms with Crippen molar-refractivity contribution < 1.29 is 4.42 Å². The Balaban J connectivity index is 1.75. The van der Waals surface area contributed by atoms with Gasteiger partial charge in [-0.2, -0.15) is 0 Å². The van der Waals surface area contributed by atoms with E-state index in [9.17, 15) is 0 Å². The molecule has 1 aliphatic rings. The van der Waals surface area contributed by atoms with E-state index in [4.69, 9.17) is 4.42 Å². The van der Waals surface area contributed by atoms with Crippen molar-refractivity contribution in [3.63, 3.8) is 0 Å². The number of hydrogen-bond donors (Lipinski definition) is 1. The molecule has 1 fully saturated rings. The van der Waals surface area contributed by atoms with Gasteiger partial charge in [0.1, 0.15) is 0 Å². The van der Waals surface area contributed by atoms with Gasteiger partial charge in [-0.25, -0.2) is 0 Å². The highest BCUT2D eigenvalue weighted by Gasteiger charge is 2.15. The summed E-state index contributed by atoms with van der Waals surface area (Å²) in [5.41, 5.74) is 1.26. The number of likely N-dealkylation sites (N-methyl/N-ethyl adjacent to an activating group) is 1. The summed E-state index contributed by atoms with van der Waals surface area (Å²) in [6.07, 6.45) is 6.19. The van der Waals surface area contributed by atoms with Gasteiger partial charge in [-0.1, -0.05) is 0 Å². The number of rotatable bonds is 4. The van der Waals surface area contributed by atoms with Crippen LogP contribution < -0.4 is 5.32 Å². The molecule has 0 radical (unpaired) electrons.